The Hall–Kier alpha value is -2.17. The van der Waals surface area contributed by atoms with Crippen LogP contribution in [-0.4, -0.2) is 29.9 Å². The lowest BCUT2D eigenvalue weighted by molar-refractivity contribution is -0.124. The Kier molecular flexibility index (Phi) is 7.57. The Labute approximate surface area is 162 Å². The van der Waals surface area contributed by atoms with Gasteiger partial charge in [0.2, 0.25) is 0 Å². The molecule has 0 spiro atoms. The average Bonchev–Trinajstić information content (AvgIpc) is 2.97. The predicted octanol–water partition coefficient (Wildman–Crippen LogP) is 4.50. The summed E-state index contributed by atoms with van der Waals surface area (Å²) in [6.07, 6.45) is 6.85. The van der Waals surface area contributed by atoms with Gasteiger partial charge in [-0.1, -0.05) is 71.1 Å². The number of nitrogens with one attached hydrogen (secondary N) is 1. The van der Waals surface area contributed by atoms with Crippen LogP contribution in [0.4, 0.5) is 0 Å². The van der Waals surface area contributed by atoms with Gasteiger partial charge in [0.15, 0.2) is 0 Å². The zero-order valence-corrected chi connectivity index (χ0v) is 17.0. The number of aliphatic imine (C=N–C) groups is 1. The second-order valence-corrected chi connectivity index (χ2v) is 7.67. The zero-order chi connectivity index (χ0) is 19.9. The largest absolute Gasteiger partial charge is 0.462 e. The first-order valence-electron chi connectivity index (χ1n) is 10.1. The van der Waals surface area contributed by atoms with E-state index in [4.69, 9.17) is 4.74 Å². The van der Waals surface area contributed by atoms with Crippen LogP contribution in [0.25, 0.3) is 0 Å². The maximum absolute atomic E-state index is 12.5. The van der Waals surface area contributed by atoms with Crippen molar-refractivity contribution in [2.45, 2.75) is 71.8 Å². The molecule has 1 aromatic carbocycles. The number of ether oxygens (including phenoxy) is 1. The van der Waals surface area contributed by atoms with E-state index in [0.717, 1.165) is 12.8 Å². The summed E-state index contributed by atoms with van der Waals surface area (Å²) < 4.78 is 5.45. The molecule has 5 heteroatoms. The Morgan fingerprint density at radius 3 is 2.48 bits per heavy atom. The van der Waals surface area contributed by atoms with E-state index >= 15 is 0 Å². The molecule has 1 amide bonds. The number of carbonyl (C=O) groups excluding carboxylic acids is 2. The van der Waals surface area contributed by atoms with Crippen molar-refractivity contribution in [1.29, 1.82) is 0 Å². The van der Waals surface area contributed by atoms with Gasteiger partial charge in [-0.3, -0.25) is 9.79 Å². The summed E-state index contributed by atoms with van der Waals surface area (Å²) in [6.45, 7) is 8.36. The van der Waals surface area contributed by atoms with Crippen molar-refractivity contribution in [2.75, 3.05) is 6.61 Å². The molecule has 1 unspecified atom stereocenters. The van der Waals surface area contributed by atoms with Crippen molar-refractivity contribution in [2.24, 2.45) is 10.9 Å². The molecule has 0 aliphatic carbocycles. The normalized spacial score (nSPS) is 19.1. The molecule has 1 heterocycles. The van der Waals surface area contributed by atoms with E-state index in [-0.39, 0.29) is 17.8 Å². The predicted molar refractivity (Wildman–Crippen MR) is 108 cm³/mol. The topological polar surface area (TPSA) is 67.8 Å². The molecule has 0 fully saturated rings. The van der Waals surface area contributed by atoms with Gasteiger partial charge in [-0.25, -0.2) is 4.79 Å². The monoisotopic (exact) mass is 372 g/mol. The van der Waals surface area contributed by atoms with Gasteiger partial charge in [0, 0.05) is 5.56 Å². The highest BCUT2D eigenvalue weighted by Gasteiger charge is 2.42. The van der Waals surface area contributed by atoms with Crippen LogP contribution in [0.3, 0.4) is 0 Å². The first-order valence-corrected chi connectivity index (χ1v) is 10.1. The Bertz CT molecular complexity index is 697. The lowest BCUT2D eigenvalue weighted by Gasteiger charge is -2.21. The van der Waals surface area contributed by atoms with Crippen molar-refractivity contribution in [1.82, 2.24) is 5.32 Å². The SMILES string of the molecule is CCCCCCCCOC(=O)c1ccccc1C1=NC(C)(C(C)C)C(=O)N1. The van der Waals surface area contributed by atoms with E-state index in [9.17, 15) is 9.59 Å². The fourth-order valence-corrected chi connectivity index (χ4v) is 3.06. The van der Waals surface area contributed by atoms with Crippen molar-refractivity contribution in [3.63, 3.8) is 0 Å². The number of carbonyl (C=O) groups is 2. The molecule has 1 aliphatic rings. The smallest absolute Gasteiger partial charge is 0.338 e. The molecule has 0 aromatic heterocycles. The number of rotatable bonds is 10. The summed E-state index contributed by atoms with van der Waals surface area (Å²) in [6, 6.07) is 7.15. The highest BCUT2D eigenvalue weighted by molar-refractivity contribution is 6.18. The van der Waals surface area contributed by atoms with Gasteiger partial charge in [0.05, 0.1) is 12.2 Å². The molecule has 0 saturated heterocycles. The number of hydrogen-bond donors (Lipinski definition) is 1. The minimum Gasteiger partial charge on any atom is -0.462 e. The van der Waals surface area contributed by atoms with Gasteiger partial charge in [-0.05, 0) is 25.3 Å². The zero-order valence-electron chi connectivity index (χ0n) is 17.0. The number of amides is 1. The molecule has 0 bridgehead atoms. The van der Waals surface area contributed by atoms with Gasteiger partial charge in [-0.15, -0.1) is 0 Å². The Morgan fingerprint density at radius 1 is 1.15 bits per heavy atom. The van der Waals surface area contributed by atoms with Crippen LogP contribution in [0.2, 0.25) is 0 Å². The second kappa shape index (κ2) is 9.67. The molecule has 1 aromatic rings. The molecule has 0 saturated carbocycles. The third kappa shape index (κ3) is 5.18. The molecular weight excluding hydrogens is 340 g/mol. The van der Waals surface area contributed by atoms with Crippen molar-refractivity contribution in [3.05, 3.63) is 35.4 Å². The van der Waals surface area contributed by atoms with E-state index < -0.39 is 5.54 Å². The van der Waals surface area contributed by atoms with Crippen LogP contribution >= 0.6 is 0 Å². The van der Waals surface area contributed by atoms with Gasteiger partial charge in [-0.2, -0.15) is 0 Å². The van der Waals surface area contributed by atoms with Crippen LogP contribution in [0, 0.1) is 5.92 Å². The van der Waals surface area contributed by atoms with E-state index in [0.29, 0.717) is 23.6 Å². The maximum Gasteiger partial charge on any atom is 0.338 e. The summed E-state index contributed by atoms with van der Waals surface area (Å²) in [5, 5.41) is 2.84. The number of benzene rings is 1. The molecule has 0 radical (unpaired) electrons. The quantitative estimate of drug-likeness (QED) is 0.486. The summed E-state index contributed by atoms with van der Waals surface area (Å²) in [5.41, 5.74) is 0.240. The van der Waals surface area contributed by atoms with Gasteiger partial charge in [0.25, 0.3) is 5.91 Å². The highest BCUT2D eigenvalue weighted by Crippen LogP contribution is 2.27. The summed E-state index contributed by atoms with van der Waals surface area (Å²) >= 11 is 0. The number of esters is 1. The first-order chi connectivity index (χ1) is 12.9. The minimum absolute atomic E-state index is 0.0572. The lowest BCUT2D eigenvalue weighted by atomic mass is 9.89. The van der Waals surface area contributed by atoms with Gasteiger partial charge in [0.1, 0.15) is 11.4 Å². The number of amidine groups is 1. The standard InChI is InChI=1S/C22H32N2O3/c1-5-6-7-8-9-12-15-27-20(25)18-14-11-10-13-17(18)19-23-21(26)22(4,24-19)16(2)3/h10-11,13-14,16H,5-9,12,15H2,1-4H3,(H,23,24,26). The summed E-state index contributed by atoms with van der Waals surface area (Å²) in [4.78, 5) is 29.5. The fourth-order valence-electron chi connectivity index (χ4n) is 3.06. The van der Waals surface area contributed by atoms with E-state index in [1.165, 1.54) is 25.7 Å². The van der Waals surface area contributed by atoms with E-state index in [1.807, 2.05) is 26.8 Å². The van der Waals surface area contributed by atoms with Gasteiger partial charge >= 0.3 is 5.97 Å². The van der Waals surface area contributed by atoms with Crippen LogP contribution < -0.4 is 5.32 Å². The third-order valence-electron chi connectivity index (χ3n) is 5.29. The molecule has 1 N–H and O–H groups in total. The summed E-state index contributed by atoms with van der Waals surface area (Å²) in [5.74, 6) is 0.00199. The van der Waals surface area contributed by atoms with Crippen LogP contribution in [-0.2, 0) is 9.53 Å². The first kappa shape index (κ1) is 21.1. The average molecular weight is 373 g/mol. The fraction of sp³-hybridized carbons (Fsp3) is 0.591. The molecule has 1 atom stereocenters. The second-order valence-electron chi connectivity index (χ2n) is 7.67. The molecule has 27 heavy (non-hydrogen) atoms. The number of unbranched alkanes of at least 4 members (excludes halogenated alkanes) is 5. The number of hydrogen-bond acceptors (Lipinski definition) is 4. The highest BCUT2D eigenvalue weighted by atomic mass is 16.5. The Morgan fingerprint density at radius 2 is 1.81 bits per heavy atom. The van der Waals surface area contributed by atoms with Crippen molar-refractivity contribution in [3.8, 4) is 0 Å². The van der Waals surface area contributed by atoms with Crippen molar-refractivity contribution < 1.29 is 14.3 Å². The number of nitrogens with zero attached hydrogens (tertiary/aromatic N) is 1. The van der Waals surface area contributed by atoms with Gasteiger partial charge < -0.3 is 10.1 Å². The summed E-state index contributed by atoms with van der Waals surface area (Å²) in [7, 11) is 0. The van der Waals surface area contributed by atoms with E-state index in [1.54, 1.807) is 18.2 Å². The van der Waals surface area contributed by atoms with Crippen LogP contribution in [0.15, 0.2) is 29.3 Å². The van der Waals surface area contributed by atoms with Crippen LogP contribution in [0.5, 0.6) is 0 Å². The molecule has 1 aliphatic heterocycles. The Balaban J connectivity index is 2.02. The maximum atomic E-state index is 12.5. The third-order valence-corrected chi connectivity index (χ3v) is 5.29. The molecule has 2 rings (SSSR count). The molecular formula is C22H32N2O3. The van der Waals surface area contributed by atoms with E-state index in [2.05, 4.69) is 17.2 Å². The van der Waals surface area contributed by atoms with Crippen molar-refractivity contribution >= 4 is 17.7 Å². The lowest BCUT2D eigenvalue weighted by Crippen LogP contribution is -2.41. The molecule has 148 valence electrons. The van der Waals surface area contributed by atoms with Crippen LogP contribution in [0.1, 0.15) is 82.1 Å². The molecule has 5 nitrogen and oxygen atoms in total. The minimum atomic E-state index is -0.815.